The Kier molecular flexibility index (Phi) is 14.2. The van der Waals surface area contributed by atoms with Crippen LogP contribution in [-0.4, -0.2) is 32.9 Å². The van der Waals surface area contributed by atoms with Crippen molar-refractivity contribution in [1.29, 1.82) is 0 Å². The third-order valence-electron chi connectivity index (χ3n) is 11.9. The molecule has 0 unspecified atom stereocenters. The molecular weight excluding hydrogens is 969 g/mol. The van der Waals surface area contributed by atoms with E-state index >= 15 is 0 Å². The molecule has 1 radical (unpaired) electrons. The molecule has 8 aromatic rings. The van der Waals surface area contributed by atoms with E-state index in [0.717, 1.165) is 68.1 Å². The first-order valence-electron chi connectivity index (χ1n) is 20.9. The number of aromatic nitrogens is 4. The van der Waals surface area contributed by atoms with Crippen molar-refractivity contribution in [3.05, 3.63) is 173 Å². The first-order valence-corrected chi connectivity index (χ1v) is 20.9. The normalized spacial score (nSPS) is 12.9. The number of hydrogen-bond donors (Lipinski definition) is 0. The third kappa shape index (κ3) is 8.70. The molecule has 2 aliphatic heterocycles. The molecule has 0 saturated heterocycles. The predicted molar refractivity (Wildman–Crippen MR) is 263 cm³/mol. The summed E-state index contributed by atoms with van der Waals surface area (Å²) in [6, 6.07) is 43.1. The molecule has 0 amide bonds. The van der Waals surface area contributed by atoms with Crippen molar-refractivity contribution in [1.82, 2.24) is 19.9 Å². The van der Waals surface area contributed by atoms with Crippen LogP contribution in [-0.2, 0) is 24.8 Å². The average molecular weight is 1030 g/mol. The smallest absolute Gasteiger partial charge is 0.221 e. The molecule has 9 nitrogen and oxygen atoms in total. The van der Waals surface area contributed by atoms with E-state index in [1.165, 1.54) is 44.5 Å². The minimum atomic E-state index is -0.379. The number of rotatable bonds is 6. The molecule has 4 heterocycles. The van der Waals surface area contributed by atoms with E-state index in [4.69, 9.17) is 24.7 Å². The van der Waals surface area contributed by atoms with Gasteiger partial charge >= 0.3 is 0 Å². The van der Waals surface area contributed by atoms with Gasteiger partial charge < -0.3 is 14.5 Å². The summed E-state index contributed by atoms with van der Waals surface area (Å²) in [4.78, 5) is 28.5. The maximum atomic E-state index is 6.36. The Bertz CT molecular complexity index is 2780. The molecule has 0 saturated carbocycles. The second kappa shape index (κ2) is 19.3. The summed E-state index contributed by atoms with van der Waals surface area (Å²) in [5.41, 5.74) is 17.6. The fourth-order valence-electron chi connectivity index (χ4n) is 7.74. The number of fused-ring (bicyclic) bond motifs is 4. The summed E-state index contributed by atoms with van der Waals surface area (Å²) in [6.07, 6.45) is -0.379. The van der Waals surface area contributed by atoms with Gasteiger partial charge in [-0.3, -0.25) is 9.80 Å². The molecule has 0 N–H and O–H groups in total. The molecule has 331 valence electrons. The molecule has 0 fully saturated rings. The zero-order valence-electron chi connectivity index (χ0n) is 36.7. The maximum Gasteiger partial charge on any atom is 0.221 e. The van der Waals surface area contributed by atoms with Crippen molar-refractivity contribution in [3.63, 3.8) is 0 Å². The van der Waals surface area contributed by atoms with Crippen molar-refractivity contribution in [2.75, 3.05) is 26.2 Å². The summed E-state index contributed by atoms with van der Waals surface area (Å²) in [7, 11) is 0. The number of ether oxygens (including phenoxy) is 1. The zero-order valence-corrected chi connectivity index (χ0v) is 39.0. The monoisotopic (exact) mass is 1030 g/mol. The van der Waals surface area contributed by atoms with E-state index < -0.39 is 0 Å². The fourth-order valence-corrected chi connectivity index (χ4v) is 7.74. The van der Waals surface area contributed by atoms with Gasteiger partial charge in [-0.1, -0.05) is 71.2 Å². The Morgan fingerprint density at radius 2 is 0.875 bits per heavy atom. The van der Waals surface area contributed by atoms with E-state index in [2.05, 4.69) is 148 Å². The Balaban J connectivity index is 0.000000204. The quantitative estimate of drug-likeness (QED) is 0.151. The van der Waals surface area contributed by atoms with Crippen LogP contribution in [0.1, 0.15) is 66.3 Å². The molecule has 0 spiro atoms. The molecule has 2 aromatic heterocycles. The fraction of sp³-hybridized carbons (Fsp3) is 0.241. The number of anilines is 8. The number of hydrogen-bond acceptors (Lipinski definition) is 9. The van der Waals surface area contributed by atoms with Gasteiger partial charge in [-0.25, -0.2) is 19.9 Å². The van der Waals surface area contributed by atoms with E-state index in [-0.39, 0.29) is 41.3 Å². The maximum absolute atomic E-state index is 6.36. The van der Waals surface area contributed by atoms with Crippen LogP contribution in [0.15, 0.2) is 115 Å². The van der Waals surface area contributed by atoms with Crippen molar-refractivity contribution < 1.29 is 24.8 Å². The molecule has 10 rings (SSSR count). The molecule has 64 heavy (non-hydrogen) atoms. The largest absolute Gasteiger partial charge is 0.477 e. The van der Waals surface area contributed by atoms with Crippen molar-refractivity contribution in [3.8, 4) is 0 Å². The van der Waals surface area contributed by atoms with Crippen molar-refractivity contribution >= 4 is 68.1 Å². The van der Waals surface area contributed by atoms with Crippen LogP contribution in [0.25, 0.3) is 22.1 Å². The summed E-state index contributed by atoms with van der Waals surface area (Å²) in [6.45, 7) is 21.7. The van der Waals surface area contributed by atoms with Crippen LogP contribution in [0.3, 0.4) is 0 Å². The number of nitrogens with zero attached hydrogens (tertiary/aromatic N) is 8. The second-order valence-corrected chi connectivity index (χ2v) is 16.1. The van der Waals surface area contributed by atoms with Gasteiger partial charge in [0.2, 0.25) is 6.35 Å². The summed E-state index contributed by atoms with van der Waals surface area (Å²) < 4.78 is 6.36. The van der Waals surface area contributed by atoms with Crippen molar-refractivity contribution in [2.24, 2.45) is 0 Å². The average Bonchev–Trinajstić information content (AvgIpc) is 3.78. The van der Waals surface area contributed by atoms with Gasteiger partial charge in [-0.2, -0.15) is 23.3 Å². The van der Waals surface area contributed by atoms with E-state index in [9.17, 15) is 0 Å². The summed E-state index contributed by atoms with van der Waals surface area (Å²) >= 11 is 0. The topological polar surface area (TPSA) is 73.8 Å². The first kappa shape index (κ1) is 47.3. The van der Waals surface area contributed by atoms with E-state index in [0.29, 0.717) is 6.61 Å². The van der Waals surface area contributed by atoms with Gasteiger partial charge in [0.15, 0.2) is 11.6 Å². The zero-order chi connectivity index (χ0) is 42.5. The molecule has 0 aliphatic carbocycles. The standard InChI is InChI=1S/C27H28N4O.C25H22N4.2CH4.Ir/c1-6-32-27-30(21-13-11-17(2)19(4)15-21)25-26(29-24-10-8-7-9-23(24)28-25)31(27)22-14-12-18(3)20(5)16-22;1-16-9-11-20(13-18(16)3)28-15-29(21-12-10-17(2)19(4)14-21)25-24(28)26-22-7-5-6-8-23(22)27-25;;;/h7-16,27H,6H2,1-5H3;5-11,13-15H,1-4H3;2*1H4;/q;-2;;;. The minimum Gasteiger partial charge on any atom is -0.477 e. The van der Waals surface area contributed by atoms with Gasteiger partial charge in [0, 0.05) is 43.8 Å². The Labute approximate surface area is 393 Å². The van der Waals surface area contributed by atoms with Crippen LogP contribution >= 0.6 is 0 Å². The number of para-hydroxylation sites is 4. The molecular formula is C54H58IrN8O-2. The molecule has 6 aromatic carbocycles. The van der Waals surface area contributed by atoms with E-state index in [1.807, 2.05) is 61.5 Å². The second-order valence-electron chi connectivity index (χ2n) is 16.1. The first-order chi connectivity index (χ1) is 29.5. The number of benzene rings is 6. The summed E-state index contributed by atoms with van der Waals surface area (Å²) in [5.74, 6) is 3.27. The Morgan fingerprint density at radius 1 is 0.484 bits per heavy atom. The minimum absolute atomic E-state index is 0. The Hall–Kier alpha value is -6.19. The van der Waals surface area contributed by atoms with Crippen LogP contribution in [0.5, 0.6) is 0 Å². The van der Waals surface area contributed by atoms with Crippen molar-refractivity contribution in [2.45, 2.75) is 83.5 Å². The van der Waals surface area contributed by atoms with Gasteiger partial charge in [0.05, 0.1) is 22.1 Å². The van der Waals surface area contributed by atoms with Gasteiger partial charge in [-0.05, 0) is 143 Å². The molecule has 0 atom stereocenters. The van der Waals surface area contributed by atoms with Crippen LogP contribution in [0, 0.1) is 68.1 Å². The summed E-state index contributed by atoms with van der Waals surface area (Å²) in [5, 5.41) is 0. The van der Waals surface area contributed by atoms with Gasteiger partial charge in [0.1, 0.15) is 11.6 Å². The predicted octanol–water partition coefficient (Wildman–Crippen LogP) is 13.8. The molecule has 0 bridgehead atoms. The van der Waals surface area contributed by atoms with Crippen LogP contribution in [0.2, 0.25) is 0 Å². The molecule has 2 aliphatic rings. The molecule has 10 heteroatoms. The van der Waals surface area contributed by atoms with Gasteiger partial charge in [0.25, 0.3) is 0 Å². The third-order valence-corrected chi connectivity index (χ3v) is 11.9. The van der Waals surface area contributed by atoms with Crippen LogP contribution < -0.4 is 19.6 Å². The number of aryl methyl sites for hydroxylation is 8. The van der Waals surface area contributed by atoms with Crippen LogP contribution in [0.4, 0.5) is 46.0 Å². The van der Waals surface area contributed by atoms with Gasteiger partial charge in [-0.15, -0.1) is 18.4 Å². The van der Waals surface area contributed by atoms with E-state index in [1.54, 1.807) is 0 Å². The SMILES string of the molecule is C.C.CCOC1N(c2ccc(C)c(C)c2)c2nc3ccccc3nc2N1c1ccc(C)c(C)c1.Cc1c[c-]c(N2[CH-]N(c3ccc(C)c(C)c3)c3nc4ccccc4nc32)cc1C.[Ir]. The Morgan fingerprint density at radius 3 is 1.30 bits per heavy atom.